The van der Waals surface area contributed by atoms with E-state index in [4.69, 9.17) is 14.6 Å². The van der Waals surface area contributed by atoms with Gasteiger partial charge >= 0.3 is 12.0 Å². The molecule has 2 fully saturated rings. The van der Waals surface area contributed by atoms with Crippen LogP contribution in [-0.4, -0.2) is 54.9 Å². The number of nitrogens with one attached hydrogen (secondary N) is 1. The molecule has 2 aliphatic rings. The van der Waals surface area contributed by atoms with Crippen LogP contribution in [0.2, 0.25) is 0 Å². The van der Waals surface area contributed by atoms with Crippen molar-refractivity contribution in [3.8, 4) is 5.75 Å². The quantitative estimate of drug-likeness (QED) is 0.841. The predicted molar refractivity (Wildman–Crippen MR) is 96.4 cm³/mol. The Bertz CT molecular complexity index is 605. The van der Waals surface area contributed by atoms with Gasteiger partial charge in [0, 0.05) is 32.0 Å². The van der Waals surface area contributed by atoms with E-state index in [-0.39, 0.29) is 11.9 Å². The molecule has 1 aromatic rings. The molecule has 0 radical (unpaired) electrons. The van der Waals surface area contributed by atoms with Gasteiger partial charge in [0.1, 0.15) is 5.75 Å². The number of hydrogen-bond donors (Lipinski definition) is 2. The van der Waals surface area contributed by atoms with Crippen molar-refractivity contribution in [3.63, 3.8) is 0 Å². The third-order valence-corrected chi connectivity index (χ3v) is 5.06. The molecule has 2 heterocycles. The number of ether oxygens (including phenoxy) is 2. The molecule has 0 spiro atoms. The summed E-state index contributed by atoms with van der Waals surface area (Å²) in [4.78, 5) is 24.9. The molecule has 2 aliphatic heterocycles. The Hall–Kier alpha value is -2.28. The molecule has 2 N–H and O–H groups in total. The lowest BCUT2D eigenvalue weighted by atomic mass is 9.97. The van der Waals surface area contributed by atoms with E-state index in [0.717, 1.165) is 31.8 Å². The van der Waals surface area contributed by atoms with E-state index in [0.29, 0.717) is 44.1 Å². The van der Waals surface area contributed by atoms with Crippen LogP contribution in [0.25, 0.3) is 0 Å². The Kier molecular flexibility index (Phi) is 6.33. The van der Waals surface area contributed by atoms with Crippen LogP contribution in [0.3, 0.4) is 0 Å². The number of carboxylic acid groups (broad SMARTS) is 1. The summed E-state index contributed by atoms with van der Waals surface area (Å²) >= 11 is 0. The second-order valence-corrected chi connectivity index (χ2v) is 6.92. The molecule has 0 aliphatic carbocycles. The number of carbonyl (C=O) groups is 2. The van der Waals surface area contributed by atoms with Crippen molar-refractivity contribution in [2.45, 2.75) is 25.7 Å². The Balaban J connectivity index is 1.43. The largest absolute Gasteiger partial charge is 0.493 e. The first-order valence-electron chi connectivity index (χ1n) is 9.21. The van der Waals surface area contributed by atoms with Crippen LogP contribution in [-0.2, 0) is 9.53 Å². The first-order valence-corrected chi connectivity index (χ1v) is 9.21. The van der Waals surface area contributed by atoms with Crippen molar-refractivity contribution in [1.82, 2.24) is 4.90 Å². The third-order valence-electron chi connectivity index (χ3n) is 5.06. The SMILES string of the molecule is O=C(O)C1CCN(C(=O)Nc2ccc(OCC3CCOCC3)cc2)CC1. The number of carboxylic acids is 1. The number of anilines is 1. The van der Waals surface area contributed by atoms with E-state index in [1.54, 1.807) is 4.90 Å². The van der Waals surface area contributed by atoms with Crippen LogP contribution in [0.5, 0.6) is 5.75 Å². The number of aliphatic carboxylic acids is 1. The highest BCUT2D eigenvalue weighted by atomic mass is 16.5. The summed E-state index contributed by atoms with van der Waals surface area (Å²) in [5.74, 6) is 0.209. The maximum atomic E-state index is 12.3. The van der Waals surface area contributed by atoms with Gasteiger partial charge in [-0.15, -0.1) is 0 Å². The summed E-state index contributed by atoms with van der Waals surface area (Å²) in [6.07, 6.45) is 3.07. The van der Waals surface area contributed by atoms with Crippen LogP contribution >= 0.6 is 0 Å². The summed E-state index contributed by atoms with van der Waals surface area (Å²) in [5.41, 5.74) is 0.703. The highest BCUT2D eigenvalue weighted by molar-refractivity contribution is 5.89. The minimum absolute atomic E-state index is 0.190. The molecule has 0 unspecified atom stereocenters. The molecule has 7 nitrogen and oxygen atoms in total. The van der Waals surface area contributed by atoms with E-state index in [1.807, 2.05) is 24.3 Å². The van der Waals surface area contributed by atoms with Crippen LogP contribution in [0.15, 0.2) is 24.3 Å². The summed E-state index contributed by atoms with van der Waals surface area (Å²) in [6.45, 7) is 3.24. The number of carbonyl (C=O) groups excluding carboxylic acids is 1. The lowest BCUT2D eigenvalue weighted by Crippen LogP contribution is -2.42. The highest BCUT2D eigenvalue weighted by Gasteiger charge is 2.26. The summed E-state index contributed by atoms with van der Waals surface area (Å²) < 4.78 is 11.2. The molecule has 0 bridgehead atoms. The molecular weight excluding hydrogens is 336 g/mol. The molecule has 0 aromatic heterocycles. The van der Waals surface area contributed by atoms with Gasteiger partial charge in [-0.2, -0.15) is 0 Å². The highest BCUT2D eigenvalue weighted by Crippen LogP contribution is 2.21. The first-order chi connectivity index (χ1) is 12.6. The Labute approximate surface area is 153 Å². The van der Waals surface area contributed by atoms with E-state index in [1.165, 1.54) is 0 Å². The van der Waals surface area contributed by atoms with Crippen molar-refractivity contribution in [2.75, 3.05) is 38.2 Å². The number of amides is 2. The normalized spacial score (nSPS) is 19.2. The second kappa shape index (κ2) is 8.89. The lowest BCUT2D eigenvalue weighted by molar-refractivity contribution is -0.143. The number of piperidine rings is 1. The van der Waals surface area contributed by atoms with Gasteiger partial charge in [0.15, 0.2) is 0 Å². The average molecular weight is 362 g/mol. The fourth-order valence-corrected chi connectivity index (χ4v) is 3.29. The fraction of sp³-hybridized carbons (Fsp3) is 0.579. The predicted octanol–water partition coefficient (Wildman–Crippen LogP) is 2.82. The molecule has 7 heteroatoms. The second-order valence-electron chi connectivity index (χ2n) is 6.92. The number of urea groups is 1. The van der Waals surface area contributed by atoms with Crippen molar-refractivity contribution >= 4 is 17.7 Å². The number of rotatable bonds is 5. The molecule has 26 heavy (non-hydrogen) atoms. The van der Waals surface area contributed by atoms with Gasteiger partial charge in [-0.25, -0.2) is 4.79 Å². The summed E-state index contributed by atoms with van der Waals surface area (Å²) in [6, 6.07) is 7.16. The number of benzene rings is 1. The molecule has 2 saturated heterocycles. The maximum Gasteiger partial charge on any atom is 0.321 e. The number of hydrogen-bond acceptors (Lipinski definition) is 4. The smallest absolute Gasteiger partial charge is 0.321 e. The van der Waals surface area contributed by atoms with E-state index < -0.39 is 5.97 Å². The zero-order valence-corrected chi connectivity index (χ0v) is 14.9. The van der Waals surface area contributed by atoms with Gasteiger partial charge in [0.05, 0.1) is 12.5 Å². The topological polar surface area (TPSA) is 88.1 Å². The molecule has 0 saturated carbocycles. The van der Waals surface area contributed by atoms with Crippen molar-refractivity contribution in [3.05, 3.63) is 24.3 Å². The third kappa shape index (κ3) is 5.11. The number of nitrogens with zero attached hydrogens (tertiary/aromatic N) is 1. The average Bonchev–Trinajstić information content (AvgIpc) is 2.68. The van der Waals surface area contributed by atoms with Crippen LogP contribution in [0, 0.1) is 11.8 Å². The van der Waals surface area contributed by atoms with Gasteiger partial charge < -0.3 is 24.8 Å². The minimum Gasteiger partial charge on any atom is -0.493 e. The standard InChI is InChI=1S/C19H26N2O5/c22-18(23)15-5-9-21(10-6-15)19(24)20-16-1-3-17(4-2-16)26-13-14-7-11-25-12-8-14/h1-4,14-15H,5-13H2,(H,20,24)(H,22,23). The minimum atomic E-state index is -0.776. The lowest BCUT2D eigenvalue weighted by Gasteiger charge is -2.30. The zero-order chi connectivity index (χ0) is 18.4. The summed E-state index contributed by atoms with van der Waals surface area (Å²) in [5, 5.41) is 11.9. The first kappa shape index (κ1) is 18.5. The van der Waals surface area contributed by atoms with Crippen LogP contribution in [0.4, 0.5) is 10.5 Å². The Morgan fingerprint density at radius 3 is 2.38 bits per heavy atom. The molecular formula is C19H26N2O5. The van der Waals surface area contributed by atoms with Gasteiger partial charge in [-0.1, -0.05) is 0 Å². The number of likely N-dealkylation sites (tertiary alicyclic amines) is 1. The Morgan fingerprint density at radius 1 is 1.12 bits per heavy atom. The summed E-state index contributed by atoms with van der Waals surface area (Å²) in [7, 11) is 0. The van der Waals surface area contributed by atoms with Gasteiger partial charge in [0.2, 0.25) is 0 Å². The van der Waals surface area contributed by atoms with E-state index >= 15 is 0 Å². The zero-order valence-electron chi connectivity index (χ0n) is 14.9. The van der Waals surface area contributed by atoms with Gasteiger partial charge in [-0.05, 0) is 55.9 Å². The Morgan fingerprint density at radius 2 is 1.77 bits per heavy atom. The molecule has 1 aromatic carbocycles. The molecule has 0 atom stereocenters. The monoisotopic (exact) mass is 362 g/mol. The van der Waals surface area contributed by atoms with Crippen LogP contribution < -0.4 is 10.1 Å². The van der Waals surface area contributed by atoms with E-state index in [2.05, 4.69) is 5.32 Å². The van der Waals surface area contributed by atoms with Crippen molar-refractivity contribution in [1.29, 1.82) is 0 Å². The molecule has 142 valence electrons. The van der Waals surface area contributed by atoms with Gasteiger partial charge in [0.25, 0.3) is 0 Å². The molecule has 2 amide bonds. The van der Waals surface area contributed by atoms with Gasteiger partial charge in [-0.3, -0.25) is 4.79 Å². The van der Waals surface area contributed by atoms with Crippen molar-refractivity contribution in [2.24, 2.45) is 11.8 Å². The maximum absolute atomic E-state index is 12.3. The van der Waals surface area contributed by atoms with Crippen molar-refractivity contribution < 1.29 is 24.2 Å². The van der Waals surface area contributed by atoms with Crippen LogP contribution in [0.1, 0.15) is 25.7 Å². The van der Waals surface area contributed by atoms with E-state index in [9.17, 15) is 9.59 Å². The molecule has 3 rings (SSSR count). The fourth-order valence-electron chi connectivity index (χ4n) is 3.29.